The molecule has 6 nitrogen and oxygen atoms in total. The van der Waals surface area contributed by atoms with Gasteiger partial charge in [0.05, 0.1) is 22.5 Å². The first-order valence-corrected chi connectivity index (χ1v) is 9.75. The van der Waals surface area contributed by atoms with Crippen LogP contribution < -0.4 is 11.3 Å². The fourth-order valence-corrected chi connectivity index (χ4v) is 3.90. The molecule has 5 aromatic rings. The standard InChI is InChI=1S/C24H21N5O/c1-14-4-8-18(9-5-14)29-23-19(10-6-15(2)26-23)22(25)21(24(29)30)16-7-11-20-17(12-16)13-28(3)27-20/h4-13H,25H2,1-3H3. The summed E-state index contributed by atoms with van der Waals surface area (Å²) in [6, 6.07) is 17.5. The Morgan fingerprint density at radius 3 is 2.50 bits per heavy atom. The highest BCUT2D eigenvalue weighted by Gasteiger charge is 2.19. The molecule has 0 aliphatic rings. The molecule has 0 atom stereocenters. The lowest BCUT2D eigenvalue weighted by molar-refractivity contribution is 0.780. The van der Waals surface area contributed by atoms with Gasteiger partial charge in [0.1, 0.15) is 5.65 Å². The van der Waals surface area contributed by atoms with E-state index in [0.717, 1.165) is 38.8 Å². The van der Waals surface area contributed by atoms with Crippen LogP contribution in [0.1, 0.15) is 11.3 Å². The SMILES string of the molecule is Cc1ccc(-n2c(=O)c(-c3ccc4nn(C)cc4c3)c(N)c3ccc(C)nc32)cc1. The van der Waals surface area contributed by atoms with Crippen LogP contribution in [0.25, 0.3) is 38.8 Å². The first kappa shape index (κ1) is 18.1. The first-order chi connectivity index (χ1) is 14.4. The highest BCUT2D eigenvalue weighted by molar-refractivity contribution is 5.99. The monoisotopic (exact) mass is 395 g/mol. The van der Waals surface area contributed by atoms with Gasteiger partial charge in [0.2, 0.25) is 0 Å². The molecule has 0 spiro atoms. The van der Waals surface area contributed by atoms with Gasteiger partial charge in [-0.2, -0.15) is 5.10 Å². The van der Waals surface area contributed by atoms with Crippen LogP contribution in [-0.2, 0) is 7.05 Å². The van der Waals surface area contributed by atoms with Crippen LogP contribution in [0.4, 0.5) is 5.69 Å². The molecule has 0 fully saturated rings. The number of nitrogen functional groups attached to an aromatic ring is 1. The average molecular weight is 395 g/mol. The molecule has 2 aromatic carbocycles. The van der Waals surface area contributed by atoms with Crippen molar-refractivity contribution in [2.45, 2.75) is 13.8 Å². The van der Waals surface area contributed by atoms with Crippen molar-refractivity contribution in [2.75, 3.05) is 5.73 Å². The summed E-state index contributed by atoms with van der Waals surface area (Å²) in [5.41, 5.74) is 12.2. The predicted octanol–water partition coefficient (Wildman–Crippen LogP) is 4.14. The first-order valence-electron chi connectivity index (χ1n) is 9.75. The third kappa shape index (κ3) is 2.76. The Morgan fingerprint density at radius 1 is 0.967 bits per heavy atom. The zero-order valence-corrected chi connectivity index (χ0v) is 17.0. The number of fused-ring (bicyclic) bond motifs is 2. The molecule has 3 heterocycles. The molecule has 148 valence electrons. The van der Waals surface area contributed by atoms with Gasteiger partial charge in [-0.15, -0.1) is 0 Å². The summed E-state index contributed by atoms with van der Waals surface area (Å²) in [7, 11) is 1.88. The van der Waals surface area contributed by atoms with Gasteiger partial charge in [-0.05, 0) is 55.8 Å². The van der Waals surface area contributed by atoms with E-state index in [0.29, 0.717) is 16.9 Å². The molecular formula is C24H21N5O. The Morgan fingerprint density at radius 2 is 1.73 bits per heavy atom. The van der Waals surface area contributed by atoms with Crippen LogP contribution in [0, 0.1) is 13.8 Å². The molecule has 0 bridgehead atoms. The Labute approximate surface area is 173 Å². The number of aryl methyl sites for hydroxylation is 3. The van der Waals surface area contributed by atoms with Crippen molar-refractivity contribution < 1.29 is 0 Å². The lowest BCUT2D eigenvalue weighted by Gasteiger charge is -2.16. The minimum Gasteiger partial charge on any atom is -0.397 e. The van der Waals surface area contributed by atoms with Crippen molar-refractivity contribution in [3.8, 4) is 16.8 Å². The Kier molecular flexibility index (Phi) is 3.96. The number of pyridine rings is 2. The average Bonchev–Trinajstić information content (AvgIpc) is 3.08. The molecule has 0 aliphatic carbocycles. The van der Waals surface area contributed by atoms with Crippen LogP contribution in [0.5, 0.6) is 0 Å². The molecule has 0 unspecified atom stereocenters. The van der Waals surface area contributed by atoms with Crippen molar-refractivity contribution >= 4 is 27.6 Å². The second-order valence-corrected chi connectivity index (χ2v) is 7.66. The molecular weight excluding hydrogens is 374 g/mol. The number of hydrogen-bond donors (Lipinski definition) is 1. The zero-order chi connectivity index (χ0) is 21.0. The topological polar surface area (TPSA) is 78.7 Å². The number of rotatable bonds is 2. The minimum absolute atomic E-state index is 0.190. The molecule has 5 rings (SSSR count). The Hall–Kier alpha value is -3.93. The van der Waals surface area contributed by atoms with Crippen molar-refractivity contribution in [3.05, 3.63) is 82.4 Å². The quantitative estimate of drug-likeness (QED) is 0.487. The van der Waals surface area contributed by atoms with Crippen molar-refractivity contribution in [2.24, 2.45) is 7.05 Å². The molecule has 0 amide bonds. The predicted molar refractivity (Wildman–Crippen MR) is 121 cm³/mol. The molecule has 2 N–H and O–H groups in total. The Balaban J connectivity index is 1.89. The highest BCUT2D eigenvalue weighted by atomic mass is 16.1. The summed E-state index contributed by atoms with van der Waals surface area (Å²) >= 11 is 0. The summed E-state index contributed by atoms with van der Waals surface area (Å²) in [5, 5.41) is 6.13. The van der Waals surface area contributed by atoms with E-state index < -0.39 is 0 Å². The van der Waals surface area contributed by atoms with Crippen molar-refractivity contribution in [3.63, 3.8) is 0 Å². The smallest absolute Gasteiger partial charge is 0.266 e. The maximum absolute atomic E-state index is 13.8. The van der Waals surface area contributed by atoms with E-state index >= 15 is 0 Å². The molecule has 30 heavy (non-hydrogen) atoms. The van der Waals surface area contributed by atoms with Gasteiger partial charge in [0.15, 0.2) is 0 Å². The maximum atomic E-state index is 13.8. The molecule has 3 aromatic heterocycles. The fraction of sp³-hybridized carbons (Fsp3) is 0.125. The molecule has 0 saturated carbocycles. The number of nitrogens with two attached hydrogens (primary N) is 1. The number of benzene rings is 2. The third-order valence-electron chi connectivity index (χ3n) is 5.40. The lowest BCUT2D eigenvalue weighted by atomic mass is 10.0. The molecule has 0 saturated heterocycles. The largest absolute Gasteiger partial charge is 0.397 e. The van der Waals surface area contributed by atoms with Crippen LogP contribution in [-0.4, -0.2) is 19.3 Å². The van der Waals surface area contributed by atoms with E-state index in [1.165, 1.54) is 0 Å². The van der Waals surface area contributed by atoms with Gasteiger partial charge >= 0.3 is 0 Å². The number of hydrogen-bond acceptors (Lipinski definition) is 4. The van der Waals surface area contributed by atoms with E-state index in [4.69, 9.17) is 5.73 Å². The Bertz CT molecular complexity index is 1490. The number of aromatic nitrogens is 4. The van der Waals surface area contributed by atoms with Gasteiger partial charge in [0, 0.05) is 29.7 Å². The van der Waals surface area contributed by atoms with Gasteiger partial charge in [0.25, 0.3) is 5.56 Å². The van der Waals surface area contributed by atoms with Crippen molar-refractivity contribution in [1.82, 2.24) is 19.3 Å². The van der Waals surface area contributed by atoms with Crippen LogP contribution >= 0.6 is 0 Å². The van der Waals surface area contributed by atoms with Gasteiger partial charge in [-0.25, -0.2) is 4.98 Å². The lowest BCUT2D eigenvalue weighted by Crippen LogP contribution is -2.23. The van der Waals surface area contributed by atoms with Crippen LogP contribution in [0.15, 0.2) is 65.6 Å². The normalized spacial score (nSPS) is 11.4. The van der Waals surface area contributed by atoms with E-state index in [9.17, 15) is 4.79 Å². The van der Waals surface area contributed by atoms with Crippen molar-refractivity contribution in [1.29, 1.82) is 0 Å². The highest BCUT2D eigenvalue weighted by Crippen LogP contribution is 2.32. The second-order valence-electron chi connectivity index (χ2n) is 7.66. The summed E-state index contributed by atoms with van der Waals surface area (Å²) in [5.74, 6) is 0. The molecule has 0 aliphatic heterocycles. The number of nitrogens with zero attached hydrogens (tertiary/aromatic N) is 4. The van der Waals surface area contributed by atoms with Gasteiger partial charge < -0.3 is 5.73 Å². The van der Waals surface area contributed by atoms with E-state index in [2.05, 4.69) is 10.1 Å². The third-order valence-corrected chi connectivity index (χ3v) is 5.40. The maximum Gasteiger partial charge on any atom is 0.266 e. The van der Waals surface area contributed by atoms with E-state index in [1.807, 2.05) is 81.7 Å². The fourth-order valence-electron chi connectivity index (χ4n) is 3.90. The number of anilines is 1. The van der Waals surface area contributed by atoms with Gasteiger partial charge in [-0.1, -0.05) is 23.8 Å². The minimum atomic E-state index is -0.190. The summed E-state index contributed by atoms with van der Waals surface area (Å²) in [6.45, 7) is 3.93. The zero-order valence-electron chi connectivity index (χ0n) is 17.0. The van der Waals surface area contributed by atoms with Crippen LogP contribution in [0.3, 0.4) is 0 Å². The molecule has 6 heteroatoms. The van der Waals surface area contributed by atoms with E-state index in [1.54, 1.807) is 9.25 Å². The summed E-state index contributed by atoms with van der Waals surface area (Å²) in [4.78, 5) is 18.4. The van der Waals surface area contributed by atoms with Crippen LogP contribution in [0.2, 0.25) is 0 Å². The molecule has 0 radical (unpaired) electrons. The summed E-state index contributed by atoms with van der Waals surface area (Å²) in [6.07, 6.45) is 1.93. The van der Waals surface area contributed by atoms with Gasteiger partial charge in [-0.3, -0.25) is 14.0 Å². The van der Waals surface area contributed by atoms with E-state index in [-0.39, 0.29) is 5.56 Å². The second kappa shape index (κ2) is 6.56. The summed E-state index contributed by atoms with van der Waals surface area (Å²) < 4.78 is 3.41.